The lowest BCUT2D eigenvalue weighted by atomic mass is 9.98. The zero-order valence-electron chi connectivity index (χ0n) is 11.1. The monoisotopic (exact) mass is 264 g/mol. The van der Waals surface area contributed by atoms with Crippen molar-refractivity contribution in [1.29, 1.82) is 0 Å². The minimum absolute atomic E-state index is 0.160. The molecule has 5 heteroatoms. The number of likely N-dealkylation sites (N-methyl/N-ethyl adjacent to an activating group) is 1. The number of hydrogen-bond donors (Lipinski definition) is 2. The van der Waals surface area contributed by atoms with E-state index in [4.69, 9.17) is 0 Å². The largest absolute Gasteiger partial charge is 0.508 e. The molecule has 1 unspecified atom stereocenters. The summed E-state index contributed by atoms with van der Waals surface area (Å²) in [6.07, 6.45) is 0. The fraction of sp³-hybridized carbons (Fsp3) is 0.500. The minimum atomic E-state index is -0.815. The van der Waals surface area contributed by atoms with Crippen LogP contribution in [-0.4, -0.2) is 65.8 Å². The van der Waals surface area contributed by atoms with Crippen LogP contribution in [0.25, 0.3) is 0 Å². The lowest BCUT2D eigenvalue weighted by Crippen LogP contribution is -2.46. The van der Waals surface area contributed by atoms with Gasteiger partial charge >= 0.3 is 5.97 Å². The molecule has 0 amide bonds. The molecule has 1 saturated heterocycles. The first-order chi connectivity index (χ1) is 9.06. The van der Waals surface area contributed by atoms with Crippen LogP contribution in [0.15, 0.2) is 24.3 Å². The third-order valence-corrected chi connectivity index (χ3v) is 3.63. The van der Waals surface area contributed by atoms with Gasteiger partial charge in [-0.25, -0.2) is 0 Å². The molecule has 0 saturated carbocycles. The summed E-state index contributed by atoms with van der Waals surface area (Å²) < 4.78 is 0. The SMILES string of the molecule is CN1CCN(CC(C(=O)O)c2ccc(O)cc2)CC1. The molecular weight excluding hydrogens is 244 g/mol. The van der Waals surface area contributed by atoms with Crippen LogP contribution in [0.4, 0.5) is 0 Å². The van der Waals surface area contributed by atoms with Gasteiger partial charge in [-0.05, 0) is 24.7 Å². The van der Waals surface area contributed by atoms with Crippen LogP contribution in [0.3, 0.4) is 0 Å². The second kappa shape index (κ2) is 6.04. The summed E-state index contributed by atoms with van der Waals surface area (Å²) in [7, 11) is 2.08. The predicted octanol–water partition coefficient (Wildman–Crippen LogP) is 0.808. The first kappa shape index (κ1) is 13.8. The number of piperazine rings is 1. The molecule has 1 heterocycles. The van der Waals surface area contributed by atoms with Crippen molar-refractivity contribution < 1.29 is 15.0 Å². The van der Waals surface area contributed by atoms with E-state index in [1.807, 2.05) is 0 Å². The minimum Gasteiger partial charge on any atom is -0.508 e. The second-order valence-electron chi connectivity index (χ2n) is 5.09. The molecule has 5 nitrogen and oxygen atoms in total. The first-order valence-corrected chi connectivity index (χ1v) is 6.49. The van der Waals surface area contributed by atoms with Crippen molar-refractivity contribution in [1.82, 2.24) is 9.80 Å². The molecule has 1 aliphatic heterocycles. The maximum Gasteiger partial charge on any atom is 0.312 e. The van der Waals surface area contributed by atoms with Crippen LogP contribution in [0.5, 0.6) is 5.75 Å². The highest BCUT2D eigenvalue weighted by Crippen LogP contribution is 2.21. The van der Waals surface area contributed by atoms with Crippen LogP contribution >= 0.6 is 0 Å². The first-order valence-electron chi connectivity index (χ1n) is 6.49. The Morgan fingerprint density at radius 3 is 2.32 bits per heavy atom. The van der Waals surface area contributed by atoms with E-state index in [1.165, 1.54) is 12.1 Å². The van der Waals surface area contributed by atoms with Gasteiger partial charge in [0, 0.05) is 32.7 Å². The van der Waals surface area contributed by atoms with Crippen molar-refractivity contribution in [3.05, 3.63) is 29.8 Å². The van der Waals surface area contributed by atoms with Crippen molar-refractivity contribution in [2.45, 2.75) is 5.92 Å². The van der Waals surface area contributed by atoms with E-state index < -0.39 is 11.9 Å². The highest BCUT2D eigenvalue weighted by atomic mass is 16.4. The molecule has 1 atom stereocenters. The maximum absolute atomic E-state index is 11.4. The number of hydrogen-bond acceptors (Lipinski definition) is 4. The van der Waals surface area contributed by atoms with Gasteiger partial charge in [-0.1, -0.05) is 12.1 Å². The molecule has 1 fully saturated rings. The molecule has 1 aromatic carbocycles. The fourth-order valence-corrected chi connectivity index (χ4v) is 2.32. The smallest absolute Gasteiger partial charge is 0.312 e. The predicted molar refractivity (Wildman–Crippen MR) is 72.4 cm³/mol. The highest BCUT2D eigenvalue weighted by Gasteiger charge is 2.24. The zero-order chi connectivity index (χ0) is 13.8. The molecular formula is C14H20N2O3. The average molecular weight is 264 g/mol. The average Bonchev–Trinajstić information content (AvgIpc) is 2.39. The van der Waals surface area contributed by atoms with Gasteiger partial charge in [-0.2, -0.15) is 0 Å². The van der Waals surface area contributed by atoms with Gasteiger partial charge in [-0.15, -0.1) is 0 Å². The Kier molecular flexibility index (Phi) is 4.39. The van der Waals surface area contributed by atoms with Crippen LogP contribution < -0.4 is 0 Å². The van der Waals surface area contributed by atoms with E-state index >= 15 is 0 Å². The Morgan fingerprint density at radius 2 is 1.79 bits per heavy atom. The second-order valence-corrected chi connectivity index (χ2v) is 5.09. The van der Waals surface area contributed by atoms with Gasteiger partial charge in [0.2, 0.25) is 0 Å². The molecule has 2 N–H and O–H groups in total. The summed E-state index contributed by atoms with van der Waals surface area (Å²) in [5.74, 6) is -1.19. The molecule has 0 spiro atoms. The molecule has 0 aromatic heterocycles. The molecule has 1 aromatic rings. The van der Waals surface area contributed by atoms with Crippen LogP contribution in [0.1, 0.15) is 11.5 Å². The topological polar surface area (TPSA) is 64.0 Å². The number of nitrogens with zero attached hydrogens (tertiary/aromatic N) is 2. The van der Waals surface area contributed by atoms with E-state index in [9.17, 15) is 15.0 Å². The summed E-state index contributed by atoms with van der Waals surface area (Å²) in [6, 6.07) is 6.44. The van der Waals surface area contributed by atoms with E-state index in [0.717, 1.165) is 31.7 Å². The molecule has 1 aliphatic rings. The van der Waals surface area contributed by atoms with E-state index in [0.29, 0.717) is 6.54 Å². The summed E-state index contributed by atoms with van der Waals surface area (Å²) in [5.41, 5.74) is 0.740. The van der Waals surface area contributed by atoms with Crippen LogP contribution in [-0.2, 0) is 4.79 Å². The third-order valence-electron chi connectivity index (χ3n) is 3.63. The Balaban J connectivity index is 2.04. The number of carbonyl (C=O) groups is 1. The molecule has 0 radical (unpaired) electrons. The van der Waals surface area contributed by atoms with Gasteiger partial charge < -0.3 is 15.1 Å². The summed E-state index contributed by atoms with van der Waals surface area (Å²) in [4.78, 5) is 15.9. The summed E-state index contributed by atoms with van der Waals surface area (Å²) in [6.45, 7) is 4.27. The van der Waals surface area contributed by atoms with Crippen molar-refractivity contribution in [2.24, 2.45) is 0 Å². The number of phenols is 1. The molecule has 0 bridgehead atoms. The van der Waals surface area contributed by atoms with E-state index in [2.05, 4.69) is 16.8 Å². The van der Waals surface area contributed by atoms with Crippen molar-refractivity contribution in [3.63, 3.8) is 0 Å². The number of aromatic hydroxyl groups is 1. The third kappa shape index (κ3) is 3.68. The van der Waals surface area contributed by atoms with Gasteiger partial charge in [0.15, 0.2) is 0 Å². The van der Waals surface area contributed by atoms with E-state index in [1.54, 1.807) is 12.1 Å². The Hall–Kier alpha value is -1.59. The number of carboxylic acids is 1. The number of carboxylic acid groups (broad SMARTS) is 1. The standard InChI is InChI=1S/C14H20N2O3/c1-15-6-8-16(9-7-15)10-13(14(18)19)11-2-4-12(17)5-3-11/h2-5,13,17H,6-10H2,1H3,(H,18,19). The van der Waals surface area contributed by atoms with Gasteiger partial charge in [0.05, 0.1) is 5.92 Å². The molecule has 19 heavy (non-hydrogen) atoms. The number of phenolic OH excluding ortho intramolecular Hbond substituents is 1. The summed E-state index contributed by atoms with van der Waals surface area (Å²) in [5, 5.41) is 18.6. The van der Waals surface area contributed by atoms with Crippen molar-refractivity contribution in [2.75, 3.05) is 39.8 Å². The lowest BCUT2D eigenvalue weighted by molar-refractivity contribution is -0.139. The summed E-state index contributed by atoms with van der Waals surface area (Å²) >= 11 is 0. The number of benzene rings is 1. The molecule has 0 aliphatic carbocycles. The van der Waals surface area contributed by atoms with Crippen LogP contribution in [0, 0.1) is 0 Å². The Morgan fingerprint density at radius 1 is 1.21 bits per heavy atom. The van der Waals surface area contributed by atoms with Crippen LogP contribution in [0.2, 0.25) is 0 Å². The lowest BCUT2D eigenvalue weighted by Gasteiger charge is -2.33. The Bertz CT molecular complexity index is 425. The van der Waals surface area contributed by atoms with Crippen molar-refractivity contribution in [3.8, 4) is 5.75 Å². The molecule has 104 valence electrons. The fourth-order valence-electron chi connectivity index (χ4n) is 2.32. The normalized spacial score (nSPS) is 19.2. The van der Waals surface area contributed by atoms with Gasteiger partial charge in [0.1, 0.15) is 5.75 Å². The maximum atomic E-state index is 11.4. The van der Waals surface area contributed by atoms with E-state index in [-0.39, 0.29) is 5.75 Å². The number of aliphatic carboxylic acids is 1. The van der Waals surface area contributed by atoms with Gasteiger partial charge in [0.25, 0.3) is 0 Å². The highest BCUT2D eigenvalue weighted by molar-refractivity contribution is 5.76. The van der Waals surface area contributed by atoms with Gasteiger partial charge in [-0.3, -0.25) is 9.69 Å². The quantitative estimate of drug-likeness (QED) is 0.842. The molecule has 2 rings (SSSR count). The zero-order valence-corrected chi connectivity index (χ0v) is 11.1. The Labute approximate surface area is 113 Å². The number of rotatable bonds is 4. The van der Waals surface area contributed by atoms with Crippen molar-refractivity contribution >= 4 is 5.97 Å².